The number of piperazine rings is 1. The summed E-state index contributed by atoms with van der Waals surface area (Å²) in [6.07, 6.45) is 5.17. The number of rotatable bonds is 3. The van der Waals surface area contributed by atoms with Crippen molar-refractivity contribution < 1.29 is 19.4 Å². The first-order chi connectivity index (χ1) is 19.4. The maximum atomic E-state index is 14.2. The minimum Gasteiger partial charge on any atom is -0.444 e. The van der Waals surface area contributed by atoms with Gasteiger partial charge in [-0.15, -0.1) is 0 Å². The molecular weight excluding hydrogens is 544 g/mol. The van der Waals surface area contributed by atoms with Crippen molar-refractivity contribution >= 4 is 23.7 Å². The average Bonchev–Trinajstić information content (AvgIpc) is 3.41. The lowest BCUT2D eigenvalue weighted by Crippen LogP contribution is -2.64. The highest BCUT2D eigenvalue weighted by molar-refractivity contribution is 6.30. The van der Waals surface area contributed by atoms with Crippen molar-refractivity contribution in [2.24, 2.45) is 5.41 Å². The standard InChI is InChI=1S/C31H41ClN4O5/c1-29(2,3)41-28(39)33-17-18-36(25(20-33)23-9-5-4-6-10-23)27(38)35-16-14-31(40,30(21-35)12-7-8-13-30)22-34-15-11-24(32)19-26(34)37/h4-6,9-11,15,19,25,40H,7-8,12-14,16-18,20-22H2,1-3H3/t25?,31-/m1/s1. The Morgan fingerprint density at radius 2 is 1.73 bits per heavy atom. The normalized spacial score (nSPS) is 24.5. The molecule has 9 nitrogen and oxygen atoms in total. The fraction of sp³-hybridized carbons (Fsp3) is 0.581. The monoisotopic (exact) mass is 584 g/mol. The molecule has 1 aliphatic carbocycles. The third-order valence-electron chi connectivity index (χ3n) is 8.96. The molecule has 222 valence electrons. The zero-order chi connectivity index (χ0) is 29.4. The lowest BCUT2D eigenvalue weighted by Gasteiger charge is -2.53. The van der Waals surface area contributed by atoms with E-state index in [1.807, 2.05) is 60.9 Å². The van der Waals surface area contributed by atoms with Gasteiger partial charge in [0.2, 0.25) is 0 Å². The van der Waals surface area contributed by atoms with E-state index in [2.05, 4.69) is 0 Å². The summed E-state index contributed by atoms with van der Waals surface area (Å²) in [6, 6.07) is 12.4. The SMILES string of the molecule is CC(C)(C)OC(=O)N1CCN(C(=O)N2CC[C@@](O)(Cn3ccc(Cl)cc3=O)C3(CCCC3)C2)C(c2ccccc2)C1. The Bertz CT molecular complexity index is 1320. The number of nitrogens with zero attached hydrogens (tertiary/aromatic N) is 4. The number of carbonyl (C=O) groups excluding carboxylic acids is 2. The topological polar surface area (TPSA) is 95.3 Å². The van der Waals surface area contributed by atoms with E-state index in [0.29, 0.717) is 44.2 Å². The summed E-state index contributed by atoms with van der Waals surface area (Å²) < 4.78 is 7.17. The summed E-state index contributed by atoms with van der Waals surface area (Å²) >= 11 is 6.00. The van der Waals surface area contributed by atoms with Gasteiger partial charge >= 0.3 is 12.1 Å². The molecule has 0 radical (unpaired) electrons. The molecule has 3 aliphatic rings. The van der Waals surface area contributed by atoms with Crippen molar-refractivity contribution in [3.63, 3.8) is 0 Å². The van der Waals surface area contributed by atoms with Gasteiger partial charge in [0.05, 0.1) is 18.2 Å². The Balaban J connectivity index is 1.37. The highest BCUT2D eigenvalue weighted by atomic mass is 35.5. The summed E-state index contributed by atoms with van der Waals surface area (Å²) in [5.41, 5.74) is -1.51. The van der Waals surface area contributed by atoms with Gasteiger partial charge in [0, 0.05) is 55.4 Å². The van der Waals surface area contributed by atoms with Crippen LogP contribution in [-0.4, -0.2) is 80.4 Å². The van der Waals surface area contributed by atoms with E-state index in [9.17, 15) is 19.5 Å². The molecule has 1 N–H and O–H groups in total. The second kappa shape index (κ2) is 11.3. The van der Waals surface area contributed by atoms with Gasteiger partial charge in [0.25, 0.3) is 5.56 Å². The highest BCUT2D eigenvalue weighted by Gasteiger charge is 2.56. The van der Waals surface area contributed by atoms with Crippen molar-refractivity contribution in [3.05, 3.63) is 69.6 Å². The van der Waals surface area contributed by atoms with Crippen LogP contribution >= 0.6 is 11.6 Å². The van der Waals surface area contributed by atoms with E-state index in [-0.39, 0.29) is 30.3 Å². The maximum absolute atomic E-state index is 14.2. The number of benzene rings is 1. The van der Waals surface area contributed by atoms with E-state index in [1.54, 1.807) is 17.2 Å². The third-order valence-corrected chi connectivity index (χ3v) is 9.19. The molecule has 1 aromatic carbocycles. The molecule has 2 aromatic rings. The van der Waals surface area contributed by atoms with Crippen LogP contribution in [0.15, 0.2) is 53.5 Å². The molecule has 10 heteroatoms. The summed E-state index contributed by atoms with van der Waals surface area (Å²) in [6.45, 7) is 7.63. The number of pyridine rings is 1. The second-order valence-corrected chi connectivity index (χ2v) is 13.3. The number of aliphatic hydroxyl groups is 1. The number of amides is 3. The number of likely N-dealkylation sites (tertiary alicyclic amines) is 1. The van der Waals surface area contributed by atoms with Crippen molar-refractivity contribution in [1.82, 2.24) is 19.3 Å². The predicted octanol–water partition coefficient (Wildman–Crippen LogP) is 4.91. The van der Waals surface area contributed by atoms with Crippen LogP contribution in [0.5, 0.6) is 0 Å². The molecule has 3 heterocycles. The highest BCUT2D eigenvalue weighted by Crippen LogP contribution is 2.52. The van der Waals surface area contributed by atoms with Gasteiger partial charge in [0.1, 0.15) is 5.60 Å². The van der Waals surface area contributed by atoms with Crippen LogP contribution in [-0.2, 0) is 11.3 Å². The molecule has 2 atom stereocenters. The number of hydrogen-bond acceptors (Lipinski definition) is 5. The number of ether oxygens (including phenoxy) is 1. The third kappa shape index (κ3) is 6.11. The zero-order valence-electron chi connectivity index (χ0n) is 24.2. The summed E-state index contributed by atoms with van der Waals surface area (Å²) in [5.74, 6) is 0. The van der Waals surface area contributed by atoms with Crippen LogP contribution in [0.25, 0.3) is 0 Å². The van der Waals surface area contributed by atoms with E-state index in [4.69, 9.17) is 16.3 Å². The zero-order valence-corrected chi connectivity index (χ0v) is 25.0. The number of halogens is 1. The molecule has 1 saturated carbocycles. The summed E-state index contributed by atoms with van der Waals surface area (Å²) in [4.78, 5) is 45.2. The van der Waals surface area contributed by atoms with Crippen LogP contribution in [0, 0.1) is 5.41 Å². The average molecular weight is 585 g/mol. The number of urea groups is 1. The number of piperidine rings is 1. The molecule has 3 amide bonds. The van der Waals surface area contributed by atoms with Gasteiger partial charge in [0.15, 0.2) is 0 Å². The Morgan fingerprint density at radius 3 is 2.39 bits per heavy atom. The Labute approximate surface area is 246 Å². The number of carbonyl (C=O) groups is 2. The van der Waals surface area contributed by atoms with Crippen molar-refractivity contribution in [2.75, 3.05) is 32.7 Å². The Morgan fingerprint density at radius 1 is 1.02 bits per heavy atom. The smallest absolute Gasteiger partial charge is 0.410 e. The summed E-state index contributed by atoms with van der Waals surface area (Å²) in [7, 11) is 0. The first kappa shape index (κ1) is 29.5. The first-order valence-corrected chi connectivity index (χ1v) is 14.9. The summed E-state index contributed by atoms with van der Waals surface area (Å²) in [5, 5.41) is 12.5. The quantitative estimate of drug-likeness (QED) is 0.553. The van der Waals surface area contributed by atoms with E-state index in [0.717, 1.165) is 31.2 Å². The molecule has 1 spiro atoms. The fourth-order valence-electron chi connectivity index (χ4n) is 6.80. The molecule has 2 aliphatic heterocycles. The van der Waals surface area contributed by atoms with E-state index < -0.39 is 16.6 Å². The van der Waals surface area contributed by atoms with Crippen LogP contribution in [0.2, 0.25) is 5.02 Å². The Hall–Kier alpha value is -3.04. The largest absolute Gasteiger partial charge is 0.444 e. The number of aromatic nitrogens is 1. The van der Waals surface area contributed by atoms with Gasteiger partial charge in [-0.2, -0.15) is 0 Å². The lowest BCUT2D eigenvalue weighted by atomic mass is 9.66. The van der Waals surface area contributed by atoms with Crippen molar-refractivity contribution in [2.45, 2.75) is 76.7 Å². The second-order valence-electron chi connectivity index (χ2n) is 12.8. The fourth-order valence-corrected chi connectivity index (χ4v) is 6.95. The van der Waals surface area contributed by atoms with E-state index in [1.165, 1.54) is 10.6 Å². The van der Waals surface area contributed by atoms with Crippen molar-refractivity contribution in [3.8, 4) is 0 Å². The minimum atomic E-state index is -1.12. The van der Waals surface area contributed by atoms with Gasteiger partial charge in [-0.05, 0) is 51.7 Å². The Kier molecular flexibility index (Phi) is 8.14. The minimum absolute atomic E-state index is 0.0836. The van der Waals surface area contributed by atoms with Crippen LogP contribution in [0.3, 0.4) is 0 Å². The van der Waals surface area contributed by atoms with Gasteiger partial charge in [-0.1, -0.05) is 54.8 Å². The lowest BCUT2D eigenvalue weighted by molar-refractivity contribution is -0.137. The van der Waals surface area contributed by atoms with Gasteiger partial charge in [-0.3, -0.25) is 4.79 Å². The van der Waals surface area contributed by atoms with E-state index >= 15 is 0 Å². The number of hydrogen-bond donors (Lipinski definition) is 1. The molecule has 0 bridgehead atoms. The molecule has 1 aromatic heterocycles. The molecule has 3 fully saturated rings. The van der Waals surface area contributed by atoms with Crippen LogP contribution in [0.1, 0.15) is 64.5 Å². The molecule has 5 rings (SSSR count). The maximum Gasteiger partial charge on any atom is 0.410 e. The van der Waals surface area contributed by atoms with Crippen molar-refractivity contribution in [1.29, 1.82) is 0 Å². The molecule has 1 unspecified atom stereocenters. The molecular formula is C31H41ClN4O5. The molecule has 2 saturated heterocycles. The first-order valence-electron chi connectivity index (χ1n) is 14.6. The van der Waals surface area contributed by atoms with Crippen LogP contribution in [0.4, 0.5) is 9.59 Å². The molecule has 41 heavy (non-hydrogen) atoms. The van der Waals surface area contributed by atoms with Gasteiger partial charge < -0.3 is 29.1 Å². The predicted molar refractivity (Wildman–Crippen MR) is 157 cm³/mol. The van der Waals surface area contributed by atoms with Crippen LogP contribution < -0.4 is 5.56 Å². The van der Waals surface area contributed by atoms with Gasteiger partial charge in [-0.25, -0.2) is 9.59 Å².